The summed E-state index contributed by atoms with van der Waals surface area (Å²) in [6.07, 6.45) is 1.05. The van der Waals surface area contributed by atoms with Crippen LogP contribution in [0.25, 0.3) is 0 Å². The van der Waals surface area contributed by atoms with Crippen LogP contribution in [0.5, 0.6) is 5.75 Å². The number of aliphatic hydroxyl groups is 1. The van der Waals surface area contributed by atoms with Crippen molar-refractivity contribution in [2.45, 2.75) is 39.0 Å². The molecule has 0 fully saturated rings. The minimum Gasteiger partial charge on any atom is -0.491 e. The van der Waals surface area contributed by atoms with Crippen LogP contribution in [0.3, 0.4) is 0 Å². The number of rotatable bonds is 8. The maximum Gasteiger partial charge on any atom is 0.250 e. The average molecular weight is 344 g/mol. The Morgan fingerprint density at radius 2 is 2.04 bits per heavy atom. The number of nitrogens with zero attached hydrogens (tertiary/aromatic N) is 1. The smallest absolute Gasteiger partial charge is 0.250 e. The van der Waals surface area contributed by atoms with Crippen LogP contribution in [-0.2, 0) is 11.3 Å². The molecular weight excluding hydrogens is 320 g/mol. The molecule has 0 spiro atoms. The summed E-state index contributed by atoms with van der Waals surface area (Å²) in [5.41, 5.74) is 0.537. The Kier molecular flexibility index (Phi) is 6.77. The lowest BCUT2D eigenvalue weighted by atomic mass is 10.1. The molecule has 1 amide bonds. The molecule has 0 aliphatic carbocycles. The Labute approximate surface area is 147 Å². The van der Waals surface area contributed by atoms with Gasteiger partial charge >= 0.3 is 0 Å². The Morgan fingerprint density at radius 3 is 2.76 bits per heavy atom. The molecule has 6 heteroatoms. The number of carbonyl (C=O) groups excluding carboxylic acids is 1. The van der Waals surface area contributed by atoms with Gasteiger partial charge in [0.05, 0.1) is 12.2 Å². The molecule has 6 nitrogen and oxygen atoms in total. The molecule has 134 valence electrons. The van der Waals surface area contributed by atoms with Gasteiger partial charge in [0, 0.05) is 31.8 Å². The average Bonchev–Trinajstić information content (AvgIpc) is 2.58. The van der Waals surface area contributed by atoms with E-state index in [2.05, 4.69) is 5.32 Å². The molecule has 1 aromatic carbocycles. The lowest BCUT2D eigenvalue weighted by Crippen LogP contribution is -2.30. The monoisotopic (exact) mass is 344 g/mol. The predicted octanol–water partition coefficient (Wildman–Crippen LogP) is 1.88. The number of ether oxygens (including phenoxy) is 1. The quantitative estimate of drug-likeness (QED) is 0.766. The van der Waals surface area contributed by atoms with Gasteiger partial charge in [-0.1, -0.05) is 18.2 Å². The molecule has 2 aromatic rings. The SMILES string of the molecule is CC(C)Oc1cccc(C(O)CNC(=O)CCn2ccccc2=O)c1. The summed E-state index contributed by atoms with van der Waals surface area (Å²) in [6.45, 7) is 4.27. The summed E-state index contributed by atoms with van der Waals surface area (Å²) in [6, 6.07) is 12.0. The molecule has 1 atom stereocenters. The highest BCUT2D eigenvalue weighted by atomic mass is 16.5. The minimum absolute atomic E-state index is 0.0495. The van der Waals surface area contributed by atoms with Gasteiger partial charge in [-0.25, -0.2) is 0 Å². The Balaban J connectivity index is 1.83. The van der Waals surface area contributed by atoms with E-state index in [1.54, 1.807) is 36.5 Å². The predicted molar refractivity (Wildman–Crippen MR) is 95.5 cm³/mol. The molecule has 0 bridgehead atoms. The van der Waals surface area contributed by atoms with Gasteiger partial charge in [0.2, 0.25) is 5.91 Å². The van der Waals surface area contributed by atoms with Crippen molar-refractivity contribution >= 4 is 5.91 Å². The topological polar surface area (TPSA) is 80.6 Å². The van der Waals surface area contributed by atoms with Crippen molar-refractivity contribution in [3.63, 3.8) is 0 Å². The largest absolute Gasteiger partial charge is 0.491 e. The zero-order valence-electron chi connectivity index (χ0n) is 14.5. The van der Waals surface area contributed by atoms with Gasteiger partial charge in [-0.05, 0) is 37.6 Å². The van der Waals surface area contributed by atoms with E-state index >= 15 is 0 Å². The number of amides is 1. The van der Waals surface area contributed by atoms with Gasteiger partial charge in [-0.15, -0.1) is 0 Å². The molecule has 0 radical (unpaired) electrons. The fourth-order valence-electron chi connectivity index (χ4n) is 2.35. The van der Waals surface area contributed by atoms with Crippen LogP contribution >= 0.6 is 0 Å². The first-order valence-corrected chi connectivity index (χ1v) is 8.32. The highest BCUT2D eigenvalue weighted by Crippen LogP contribution is 2.19. The summed E-state index contributed by atoms with van der Waals surface area (Å²) in [4.78, 5) is 23.5. The van der Waals surface area contributed by atoms with Gasteiger partial charge in [0.25, 0.3) is 5.56 Å². The number of aryl methyl sites for hydroxylation is 1. The molecule has 1 aromatic heterocycles. The van der Waals surface area contributed by atoms with Crippen molar-refractivity contribution in [2.75, 3.05) is 6.54 Å². The second-order valence-electron chi connectivity index (χ2n) is 6.04. The van der Waals surface area contributed by atoms with Gasteiger partial charge in [-0.3, -0.25) is 9.59 Å². The number of nitrogens with one attached hydrogen (secondary N) is 1. The van der Waals surface area contributed by atoms with Gasteiger partial charge in [0.15, 0.2) is 0 Å². The number of pyridine rings is 1. The Hall–Kier alpha value is -2.60. The number of benzene rings is 1. The van der Waals surface area contributed by atoms with Crippen molar-refractivity contribution in [1.29, 1.82) is 0 Å². The standard InChI is InChI=1S/C19H24N2O4/c1-14(2)25-16-7-5-6-15(12-16)17(22)13-20-18(23)9-11-21-10-4-3-8-19(21)24/h3-8,10,12,14,17,22H,9,11,13H2,1-2H3,(H,20,23). The molecule has 25 heavy (non-hydrogen) atoms. The zero-order valence-corrected chi connectivity index (χ0v) is 14.5. The first kappa shape index (κ1) is 18.7. The van der Waals surface area contributed by atoms with Crippen LogP contribution in [0, 0.1) is 0 Å². The molecule has 0 aliphatic heterocycles. The second-order valence-corrected chi connectivity index (χ2v) is 6.04. The van der Waals surface area contributed by atoms with Crippen LogP contribution in [0.15, 0.2) is 53.5 Å². The Morgan fingerprint density at radius 1 is 1.24 bits per heavy atom. The number of aromatic nitrogens is 1. The lowest BCUT2D eigenvalue weighted by Gasteiger charge is -2.15. The van der Waals surface area contributed by atoms with Gasteiger partial charge in [-0.2, -0.15) is 0 Å². The van der Waals surface area contributed by atoms with Crippen LogP contribution in [0.4, 0.5) is 0 Å². The van der Waals surface area contributed by atoms with Crippen molar-refractivity contribution in [3.8, 4) is 5.75 Å². The summed E-state index contributed by atoms with van der Waals surface area (Å²) in [5, 5.41) is 12.9. The van der Waals surface area contributed by atoms with Crippen molar-refractivity contribution in [1.82, 2.24) is 9.88 Å². The van der Waals surface area contributed by atoms with E-state index in [0.29, 0.717) is 17.9 Å². The van der Waals surface area contributed by atoms with Crippen LogP contribution in [0.2, 0.25) is 0 Å². The van der Waals surface area contributed by atoms with Gasteiger partial charge < -0.3 is 19.7 Å². The molecule has 0 saturated heterocycles. The molecule has 1 heterocycles. The van der Waals surface area contributed by atoms with E-state index in [-0.39, 0.29) is 30.5 Å². The van der Waals surface area contributed by atoms with E-state index in [9.17, 15) is 14.7 Å². The van der Waals surface area contributed by atoms with E-state index in [1.807, 2.05) is 19.9 Å². The zero-order chi connectivity index (χ0) is 18.2. The number of hydrogen-bond acceptors (Lipinski definition) is 4. The second kappa shape index (κ2) is 9.03. The molecule has 0 aliphatic rings. The van der Waals surface area contributed by atoms with E-state index in [4.69, 9.17) is 4.74 Å². The number of hydrogen-bond donors (Lipinski definition) is 2. The van der Waals surface area contributed by atoms with E-state index in [0.717, 1.165) is 0 Å². The molecule has 2 rings (SSSR count). The van der Waals surface area contributed by atoms with E-state index in [1.165, 1.54) is 10.6 Å². The Bertz CT molecular complexity index is 755. The number of aliphatic hydroxyl groups excluding tert-OH is 1. The lowest BCUT2D eigenvalue weighted by molar-refractivity contribution is -0.121. The molecule has 0 saturated carbocycles. The van der Waals surface area contributed by atoms with E-state index < -0.39 is 6.10 Å². The number of carbonyl (C=O) groups is 1. The van der Waals surface area contributed by atoms with Gasteiger partial charge in [0.1, 0.15) is 5.75 Å². The maximum atomic E-state index is 11.9. The normalized spacial score (nSPS) is 12.0. The first-order chi connectivity index (χ1) is 12.0. The summed E-state index contributed by atoms with van der Waals surface area (Å²) < 4.78 is 7.07. The fraction of sp³-hybridized carbons (Fsp3) is 0.368. The third-order valence-electron chi connectivity index (χ3n) is 3.59. The molecule has 2 N–H and O–H groups in total. The van der Waals surface area contributed by atoms with Crippen molar-refractivity contribution < 1.29 is 14.6 Å². The van der Waals surface area contributed by atoms with Crippen molar-refractivity contribution in [2.24, 2.45) is 0 Å². The summed E-state index contributed by atoms with van der Waals surface area (Å²) >= 11 is 0. The highest BCUT2D eigenvalue weighted by molar-refractivity contribution is 5.75. The summed E-state index contributed by atoms with van der Waals surface area (Å²) in [5.74, 6) is 0.464. The van der Waals surface area contributed by atoms with Crippen LogP contribution in [-0.4, -0.2) is 28.2 Å². The first-order valence-electron chi connectivity index (χ1n) is 8.32. The summed E-state index contributed by atoms with van der Waals surface area (Å²) in [7, 11) is 0. The van der Waals surface area contributed by atoms with Crippen LogP contribution in [0.1, 0.15) is 31.9 Å². The maximum absolute atomic E-state index is 11.9. The fourth-order valence-corrected chi connectivity index (χ4v) is 2.35. The third-order valence-corrected chi connectivity index (χ3v) is 3.59. The van der Waals surface area contributed by atoms with Crippen LogP contribution < -0.4 is 15.6 Å². The minimum atomic E-state index is -0.820. The van der Waals surface area contributed by atoms with Crippen molar-refractivity contribution in [3.05, 3.63) is 64.6 Å². The highest BCUT2D eigenvalue weighted by Gasteiger charge is 2.11. The third kappa shape index (κ3) is 6.08. The molecule has 1 unspecified atom stereocenters. The molecular formula is C19H24N2O4.